The van der Waals surface area contributed by atoms with Gasteiger partial charge in [0, 0.05) is 11.6 Å². The van der Waals surface area contributed by atoms with Crippen molar-refractivity contribution in [2.75, 3.05) is 0 Å². The van der Waals surface area contributed by atoms with Crippen LogP contribution < -0.4 is 5.56 Å². The van der Waals surface area contributed by atoms with Gasteiger partial charge in [-0.25, -0.2) is 4.68 Å². The van der Waals surface area contributed by atoms with Crippen molar-refractivity contribution >= 4 is 0 Å². The molecule has 0 fully saturated rings. The lowest BCUT2D eigenvalue weighted by molar-refractivity contribution is 0.638. The third kappa shape index (κ3) is 3.51. The number of benzene rings is 2. The molecule has 0 unspecified atom stereocenters. The van der Waals surface area contributed by atoms with Crippen LogP contribution in [-0.4, -0.2) is 9.78 Å². The zero-order valence-corrected chi connectivity index (χ0v) is 14.6. The molecule has 0 bridgehead atoms. The molecule has 1 aromatic heterocycles. The molecule has 0 radical (unpaired) electrons. The molecule has 1 heterocycles. The van der Waals surface area contributed by atoms with Crippen molar-refractivity contribution in [1.29, 1.82) is 5.26 Å². The second kappa shape index (κ2) is 6.74. The van der Waals surface area contributed by atoms with Crippen LogP contribution in [0.2, 0.25) is 0 Å². The van der Waals surface area contributed by atoms with E-state index in [0.717, 1.165) is 27.9 Å². The van der Waals surface area contributed by atoms with E-state index in [4.69, 9.17) is 5.26 Å². The highest BCUT2D eigenvalue weighted by atomic mass is 16.1. The van der Waals surface area contributed by atoms with Gasteiger partial charge in [-0.2, -0.15) is 10.4 Å². The summed E-state index contributed by atoms with van der Waals surface area (Å²) in [6.45, 7) is 6.34. The largest absolute Gasteiger partial charge is 0.268 e. The van der Waals surface area contributed by atoms with Gasteiger partial charge >= 0.3 is 0 Å². The topological polar surface area (TPSA) is 58.7 Å². The summed E-state index contributed by atoms with van der Waals surface area (Å²) in [5.74, 6) is 0. The molecule has 0 amide bonds. The van der Waals surface area contributed by atoms with Gasteiger partial charge in [-0.15, -0.1) is 0 Å². The van der Waals surface area contributed by atoms with E-state index in [9.17, 15) is 4.79 Å². The monoisotopic (exact) mass is 329 g/mol. The molecule has 124 valence electrons. The number of hydrogen-bond acceptors (Lipinski definition) is 3. The molecule has 0 aliphatic heterocycles. The van der Waals surface area contributed by atoms with Crippen molar-refractivity contribution in [2.24, 2.45) is 0 Å². The van der Waals surface area contributed by atoms with Gasteiger partial charge in [-0.05, 0) is 55.7 Å². The van der Waals surface area contributed by atoms with E-state index in [-0.39, 0.29) is 5.56 Å². The van der Waals surface area contributed by atoms with Gasteiger partial charge < -0.3 is 0 Å². The summed E-state index contributed by atoms with van der Waals surface area (Å²) in [6.07, 6.45) is 0. The van der Waals surface area contributed by atoms with Crippen molar-refractivity contribution in [1.82, 2.24) is 9.78 Å². The molecule has 4 heteroatoms. The van der Waals surface area contributed by atoms with Crippen LogP contribution in [-0.2, 0) is 6.54 Å². The summed E-state index contributed by atoms with van der Waals surface area (Å²) in [5.41, 5.74) is 6.43. The fourth-order valence-electron chi connectivity index (χ4n) is 2.90. The molecule has 0 N–H and O–H groups in total. The van der Waals surface area contributed by atoms with Crippen LogP contribution in [0.25, 0.3) is 11.3 Å². The van der Waals surface area contributed by atoms with Gasteiger partial charge in [0.1, 0.15) is 0 Å². The first-order valence-electron chi connectivity index (χ1n) is 8.13. The van der Waals surface area contributed by atoms with Gasteiger partial charge in [-0.1, -0.05) is 29.8 Å². The average molecular weight is 329 g/mol. The van der Waals surface area contributed by atoms with Crippen LogP contribution >= 0.6 is 0 Å². The summed E-state index contributed by atoms with van der Waals surface area (Å²) in [4.78, 5) is 12.3. The van der Waals surface area contributed by atoms with Gasteiger partial charge in [0.15, 0.2) is 0 Å². The zero-order valence-electron chi connectivity index (χ0n) is 14.6. The highest BCUT2D eigenvalue weighted by Crippen LogP contribution is 2.19. The molecular weight excluding hydrogens is 310 g/mol. The molecule has 3 aromatic rings. The smallest absolute Gasteiger partial charge is 0.267 e. The standard InChI is InChI=1S/C21H19N3O/c1-14-4-6-18(7-5-14)20-8-9-21(25)24(23-20)13-19-15(2)10-17(12-22)11-16(19)3/h4-11H,13H2,1-3H3. The van der Waals surface area contributed by atoms with E-state index in [1.807, 2.05) is 57.2 Å². The van der Waals surface area contributed by atoms with Crippen molar-refractivity contribution in [3.05, 3.63) is 86.7 Å². The van der Waals surface area contributed by atoms with Crippen molar-refractivity contribution in [3.63, 3.8) is 0 Å². The number of nitriles is 1. The maximum Gasteiger partial charge on any atom is 0.267 e. The third-order valence-corrected chi connectivity index (χ3v) is 4.35. The lowest BCUT2D eigenvalue weighted by atomic mass is 10.00. The van der Waals surface area contributed by atoms with E-state index >= 15 is 0 Å². The minimum atomic E-state index is -0.140. The SMILES string of the molecule is Cc1ccc(-c2ccc(=O)n(Cc3c(C)cc(C#N)cc3C)n2)cc1. The summed E-state index contributed by atoms with van der Waals surface area (Å²) < 4.78 is 1.48. The maximum atomic E-state index is 12.3. The Balaban J connectivity index is 2.01. The minimum Gasteiger partial charge on any atom is -0.268 e. The van der Waals surface area contributed by atoms with Crippen LogP contribution in [0.15, 0.2) is 53.3 Å². The summed E-state index contributed by atoms with van der Waals surface area (Å²) in [5, 5.41) is 13.6. The first kappa shape index (κ1) is 16.7. The first-order chi connectivity index (χ1) is 12.0. The van der Waals surface area contributed by atoms with Crippen LogP contribution in [0.5, 0.6) is 0 Å². The fourth-order valence-corrected chi connectivity index (χ4v) is 2.90. The Morgan fingerprint density at radius 2 is 1.64 bits per heavy atom. The Hall–Kier alpha value is -3.19. The quantitative estimate of drug-likeness (QED) is 0.735. The Morgan fingerprint density at radius 3 is 2.24 bits per heavy atom. The fraction of sp³-hybridized carbons (Fsp3) is 0.190. The van der Waals surface area contributed by atoms with Gasteiger partial charge in [0.2, 0.25) is 0 Å². The number of nitrogens with zero attached hydrogens (tertiary/aromatic N) is 3. The Labute approximate surface area is 147 Å². The van der Waals surface area contributed by atoms with E-state index in [1.54, 1.807) is 12.1 Å². The number of rotatable bonds is 3. The predicted octanol–water partition coefficient (Wildman–Crippen LogP) is 3.76. The van der Waals surface area contributed by atoms with Crippen LogP contribution in [0.1, 0.15) is 27.8 Å². The number of aryl methyl sites for hydroxylation is 3. The van der Waals surface area contributed by atoms with E-state index in [1.165, 1.54) is 10.2 Å². The first-order valence-corrected chi connectivity index (χ1v) is 8.13. The zero-order chi connectivity index (χ0) is 18.0. The highest BCUT2D eigenvalue weighted by molar-refractivity contribution is 5.58. The summed E-state index contributed by atoms with van der Waals surface area (Å²) in [6, 6.07) is 17.2. The Bertz CT molecular complexity index is 1000. The van der Waals surface area contributed by atoms with Crippen LogP contribution in [0.4, 0.5) is 0 Å². The van der Waals surface area contributed by atoms with Gasteiger partial charge in [-0.3, -0.25) is 4.79 Å². The highest BCUT2D eigenvalue weighted by Gasteiger charge is 2.09. The van der Waals surface area contributed by atoms with E-state index in [2.05, 4.69) is 11.2 Å². The third-order valence-electron chi connectivity index (χ3n) is 4.35. The normalized spacial score (nSPS) is 10.5. The number of hydrogen-bond donors (Lipinski definition) is 0. The van der Waals surface area contributed by atoms with Crippen molar-refractivity contribution < 1.29 is 0 Å². The molecule has 0 saturated carbocycles. The van der Waals surface area contributed by atoms with Gasteiger partial charge in [0.25, 0.3) is 5.56 Å². The molecular formula is C21H19N3O. The lowest BCUT2D eigenvalue weighted by Gasteiger charge is -2.12. The second-order valence-electron chi connectivity index (χ2n) is 6.28. The molecule has 0 spiro atoms. The van der Waals surface area contributed by atoms with Gasteiger partial charge in [0.05, 0.1) is 23.9 Å². The molecule has 4 nitrogen and oxygen atoms in total. The summed E-state index contributed by atoms with van der Waals surface area (Å²) in [7, 11) is 0. The lowest BCUT2D eigenvalue weighted by Crippen LogP contribution is -2.23. The minimum absolute atomic E-state index is 0.140. The molecule has 2 aromatic carbocycles. The van der Waals surface area contributed by atoms with Crippen molar-refractivity contribution in [2.45, 2.75) is 27.3 Å². The predicted molar refractivity (Wildman–Crippen MR) is 98.4 cm³/mol. The van der Waals surface area contributed by atoms with E-state index in [0.29, 0.717) is 12.1 Å². The summed E-state index contributed by atoms with van der Waals surface area (Å²) >= 11 is 0. The molecule has 3 rings (SSSR count). The maximum absolute atomic E-state index is 12.3. The molecule has 25 heavy (non-hydrogen) atoms. The molecule has 0 aliphatic carbocycles. The molecule has 0 aliphatic rings. The van der Waals surface area contributed by atoms with Crippen LogP contribution in [0.3, 0.4) is 0 Å². The second-order valence-corrected chi connectivity index (χ2v) is 6.28. The van der Waals surface area contributed by atoms with Crippen molar-refractivity contribution in [3.8, 4) is 17.3 Å². The van der Waals surface area contributed by atoms with E-state index < -0.39 is 0 Å². The number of aromatic nitrogens is 2. The molecule has 0 atom stereocenters. The Morgan fingerprint density at radius 1 is 1.00 bits per heavy atom. The van der Waals surface area contributed by atoms with Crippen LogP contribution in [0, 0.1) is 32.1 Å². The average Bonchev–Trinajstić information content (AvgIpc) is 2.60. The Kier molecular flexibility index (Phi) is 4.49. The molecule has 0 saturated heterocycles.